The van der Waals surface area contributed by atoms with E-state index in [2.05, 4.69) is 10.6 Å². The van der Waals surface area contributed by atoms with Crippen molar-refractivity contribution in [2.45, 2.75) is 51.2 Å². The van der Waals surface area contributed by atoms with Gasteiger partial charge in [0.2, 0.25) is 0 Å². The number of hydrogen-bond donors (Lipinski definition) is 3. The second-order valence-electron chi connectivity index (χ2n) is 9.09. The van der Waals surface area contributed by atoms with E-state index in [1.165, 1.54) is 0 Å². The third-order valence-electron chi connectivity index (χ3n) is 6.59. The molecule has 9 nitrogen and oxygen atoms in total. The average Bonchev–Trinajstić information content (AvgIpc) is 2.84. The molecule has 2 aromatic rings. The zero-order valence-electron chi connectivity index (χ0n) is 19.8. The van der Waals surface area contributed by atoms with E-state index >= 15 is 0 Å². The number of anilines is 2. The highest BCUT2D eigenvalue weighted by Crippen LogP contribution is 2.30. The molecule has 1 aliphatic carbocycles. The topological polar surface area (TPSA) is 117 Å². The first-order valence-electron chi connectivity index (χ1n) is 11.9. The summed E-state index contributed by atoms with van der Waals surface area (Å²) in [5.41, 5.74) is 3.42. The minimum Gasteiger partial charge on any atom is -0.497 e. The van der Waals surface area contributed by atoms with Crippen molar-refractivity contribution in [3.8, 4) is 5.75 Å². The van der Waals surface area contributed by atoms with Crippen molar-refractivity contribution in [3.63, 3.8) is 0 Å². The SMILES string of the molecule is COc1cccc(NC(=O)Nc2ccc3c(c2)CCN(C(=O)OC2CCC(CC(=O)O)CC2)C3)c1. The van der Waals surface area contributed by atoms with E-state index in [4.69, 9.17) is 14.6 Å². The molecule has 1 saturated carbocycles. The van der Waals surface area contributed by atoms with E-state index in [-0.39, 0.29) is 30.6 Å². The van der Waals surface area contributed by atoms with Gasteiger partial charge in [0, 0.05) is 37.0 Å². The fourth-order valence-corrected chi connectivity index (χ4v) is 4.70. The van der Waals surface area contributed by atoms with Crippen LogP contribution in [0.2, 0.25) is 0 Å². The Morgan fingerprint density at radius 2 is 1.74 bits per heavy atom. The number of carboxylic acids is 1. The standard InChI is InChI=1S/C26H31N3O6/c1-34-23-4-2-3-20(15-23)27-25(32)28-21-8-7-19-16-29(12-11-18(19)14-21)26(33)35-22-9-5-17(6-10-22)13-24(30)31/h2-4,7-8,14-15,17,22H,5-6,9-13,16H2,1H3,(H,30,31)(H2,27,28,32). The second kappa shape index (κ2) is 11.1. The van der Waals surface area contributed by atoms with Crippen LogP contribution in [0.3, 0.4) is 0 Å². The molecule has 3 amide bonds. The predicted molar refractivity (Wildman–Crippen MR) is 131 cm³/mol. The zero-order chi connectivity index (χ0) is 24.8. The first-order valence-corrected chi connectivity index (χ1v) is 11.9. The largest absolute Gasteiger partial charge is 0.497 e. The van der Waals surface area contributed by atoms with Crippen LogP contribution in [-0.4, -0.2) is 47.9 Å². The Labute approximate surface area is 204 Å². The maximum Gasteiger partial charge on any atom is 0.410 e. The van der Waals surface area contributed by atoms with E-state index < -0.39 is 5.97 Å². The number of carbonyl (C=O) groups is 3. The van der Waals surface area contributed by atoms with Crippen LogP contribution in [0.25, 0.3) is 0 Å². The number of carbonyl (C=O) groups excluding carboxylic acids is 2. The maximum atomic E-state index is 12.7. The molecule has 1 fully saturated rings. The Morgan fingerprint density at radius 1 is 1.00 bits per heavy atom. The summed E-state index contributed by atoms with van der Waals surface area (Å²) >= 11 is 0. The van der Waals surface area contributed by atoms with Crippen molar-refractivity contribution < 1.29 is 29.0 Å². The predicted octanol–water partition coefficient (Wildman–Crippen LogP) is 4.87. The minimum absolute atomic E-state index is 0.149. The molecule has 1 heterocycles. The third kappa shape index (κ3) is 6.65. The van der Waals surface area contributed by atoms with Gasteiger partial charge in [-0.05, 0) is 73.4 Å². The number of benzene rings is 2. The van der Waals surface area contributed by atoms with Gasteiger partial charge < -0.3 is 30.1 Å². The van der Waals surface area contributed by atoms with Crippen molar-refractivity contribution in [3.05, 3.63) is 53.6 Å². The molecule has 0 unspecified atom stereocenters. The molecule has 35 heavy (non-hydrogen) atoms. The summed E-state index contributed by atoms with van der Waals surface area (Å²) in [5.74, 6) is 0.0588. The lowest BCUT2D eigenvalue weighted by atomic mass is 9.85. The molecule has 0 bridgehead atoms. The van der Waals surface area contributed by atoms with Crippen molar-refractivity contribution in [2.24, 2.45) is 5.92 Å². The van der Waals surface area contributed by atoms with Crippen LogP contribution in [0, 0.1) is 5.92 Å². The van der Waals surface area contributed by atoms with Crippen LogP contribution in [0.1, 0.15) is 43.2 Å². The van der Waals surface area contributed by atoms with Crippen molar-refractivity contribution >= 4 is 29.5 Å². The highest BCUT2D eigenvalue weighted by Gasteiger charge is 2.28. The molecular weight excluding hydrogens is 450 g/mol. The third-order valence-corrected chi connectivity index (χ3v) is 6.59. The molecule has 2 aromatic carbocycles. The Kier molecular flexibility index (Phi) is 7.74. The summed E-state index contributed by atoms with van der Waals surface area (Å²) in [6.07, 6.45) is 3.34. The number of urea groups is 1. The van der Waals surface area contributed by atoms with Crippen LogP contribution in [0.4, 0.5) is 21.0 Å². The molecule has 0 spiro atoms. The van der Waals surface area contributed by atoms with Crippen LogP contribution in [0.15, 0.2) is 42.5 Å². The summed E-state index contributed by atoms with van der Waals surface area (Å²) in [6, 6.07) is 12.5. The highest BCUT2D eigenvalue weighted by molar-refractivity contribution is 5.99. The first-order chi connectivity index (χ1) is 16.9. The van der Waals surface area contributed by atoms with Gasteiger partial charge in [-0.2, -0.15) is 0 Å². The van der Waals surface area contributed by atoms with Gasteiger partial charge in [0.25, 0.3) is 0 Å². The number of ether oxygens (including phenoxy) is 2. The molecule has 0 saturated heterocycles. The number of nitrogens with zero attached hydrogens (tertiary/aromatic N) is 1. The molecule has 9 heteroatoms. The van der Waals surface area contributed by atoms with Crippen LogP contribution >= 0.6 is 0 Å². The van der Waals surface area contributed by atoms with E-state index in [9.17, 15) is 14.4 Å². The molecule has 4 rings (SSSR count). The maximum absolute atomic E-state index is 12.7. The molecule has 0 aromatic heterocycles. The quantitative estimate of drug-likeness (QED) is 0.542. The zero-order valence-corrected chi connectivity index (χ0v) is 19.8. The van der Waals surface area contributed by atoms with Crippen LogP contribution in [-0.2, 0) is 22.5 Å². The summed E-state index contributed by atoms with van der Waals surface area (Å²) in [4.78, 5) is 37.7. The molecule has 0 atom stereocenters. The summed E-state index contributed by atoms with van der Waals surface area (Å²) in [6.45, 7) is 0.998. The van der Waals surface area contributed by atoms with E-state index in [1.54, 1.807) is 36.3 Å². The number of hydrogen-bond acceptors (Lipinski definition) is 5. The molecule has 1 aliphatic heterocycles. The molecule has 0 radical (unpaired) electrons. The lowest BCUT2D eigenvalue weighted by Gasteiger charge is -2.32. The van der Waals surface area contributed by atoms with E-state index in [0.29, 0.717) is 49.5 Å². The normalized spacial score (nSPS) is 19.3. The summed E-state index contributed by atoms with van der Waals surface area (Å²) in [7, 11) is 1.57. The number of nitrogens with one attached hydrogen (secondary N) is 2. The van der Waals surface area contributed by atoms with Crippen molar-refractivity contribution in [1.29, 1.82) is 0 Å². The fourth-order valence-electron chi connectivity index (χ4n) is 4.70. The molecule has 3 N–H and O–H groups in total. The Bertz CT molecular complexity index is 1080. The number of rotatable bonds is 6. The smallest absolute Gasteiger partial charge is 0.410 e. The van der Waals surface area contributed by atoms with Crippen LogP contribution < -0.4 is 15.4 Å². The second-order valence-corrected chi connectivity index (χ2v) is 9.09. The van der Waals surface area contributed by atoms with Gasteiger partial charge in [-0.1, -0.05) is 12.1 Å². The molecular formula is C26H31N3O6. The lowest BCUT2D eigenvalue weighted by Crippen LogP contribution is -2.39. The van der Waals surface area contributed by atoms with Gasteiger partial charge in [-0.3, -0.25) is 4.79 Å². The van der Waals surface area contributed by atoms with Gasteiger partial charge >= 0.3 is 18.1 Å². The van der Waals surface area contributed by atoms with Gasteiger partial charge in [0.1, 0.15) is 11.9 Å². The van der Waals surface area contributed by atoms with E-state index in [1.807, 2.05) is 18.2 Å². The van der Waals surface area contributed by atoms with Gasteiger partial charge in [0.05, 0.1) is 7.11 Å². The van der Waals surface area contributed by atoms with Crippen molar-refractivity contribution in [2.75, 3.05) is 24.3 Å². The number of fused-ring (bicyclic) bond motifs is 1. The Morgan fingerprint density at radius 3 is 2.46 bits per heavy atom. The van der Waals surface area contributed by atoms with Crippen LogP contribution in [0.5, 0.6) is 5.75 Å². The number of amides is 3. The number of methoxy groups -OCH3 is 1. The fraction of sp³-hybridized carbons (Fsp3) is 0.423. The molecule has 186 valence electrons. The minimum atomic E-state index is -0.770. The van der Waals surface area contributed by atoms with Crippen molar-refractivity contribution in [1.82, 2.24) is 4.90 Å². The Balaban J connectivity index is 1.27. The number of carboxylic acid groups (broad SMARTS) is 1. The summed E-state index contributed by atoms with van der Waals surface area (Å²) < 4.78 is 10.9. The van der Waals surface area contributed by atoms with Gasteiger partial charge in [0.15, 0.2) is 0 Å². The molecule has 2 aliphatic rings. The first kappa shape index (κ1) is 24.4. The summed E-state index contributed by atoms with van der Waals surface area (Å²) in [5, 5.41) is 14.6. The monoisotopic (exact) mass is 481 g/mol. The average molecular weight is 482 g/mol. The van der Waals surface area contributed by atoms with E-state index in [0.717, 1.165) is 24.0 Å². The highest BCUT2D eigenvalue weighted by atomic mass is 16.6. The van der Waals surface area contributed by atoms with Gasteiger partial charge in [-0.25, -0.2) is 9.59 Å². The number of aliphatic carboxylic acids is 1. The lowest BCUT2D eigenvalue weighted by molar-refractivity contribution is -0.138. The van der Waals surface area contributed by atoms with Gasteiger partial charge in [-0.15, -0.1) is 0 Å². The Hall–Kier alpha value is -3.75.